The molecule has 0 spiro atoms. The second-order valence-electron chi connectivity index (χ2n) is 10.4. The van der Waals surface area contributed by atoms with Crippen LogP contribution in [0.1, 0.15) is 27.6 Å². The predicted molar refractivity (Wildman–Crippen MR) is 182 cm³/mol. The van der Waals surface area contributed by atoms with Gasteiger partial charge in [0.25, 0.3) is 21.9 Å². The number of azo groups is 1. The van der Waals surface area contributed by atoms with Crippen molar-refractivity contribution >= 4 is 74.0 Å². The van der Waals surface area contributed by atoms with Crippen LogP contribution in [-0.4, -0.2) is 59.4 Å². The van der Waals surface area contributed by atoms with E-state index >= 15 is 0 Å². The summed E-state index contributed by atoms with van der Waals surface area (Å²) in [5, 5.41) is 25.2. The van der Waals surface area contributed by atoms with Crippen molar-refractivity contribution in [3.05, 3.63) is 102 Å². The third-order valence-electron chi connectivity index (χ3n) is 7.07. The van der Waals surface area contributed by atoms with Crippen molar-refractivity contribution in [1.82, 2.24) is 10.9 Å². The van der Waals surface area contributed by atoms with Crippen LogP contribution in [0.2, 0.25) is 0 Å². The Morgan fingerprint density at radius 1 is 0.900 bits per heavy atom. The molecule has 4 aromatic carbocycles. The lowest BCUT2D eigenvalue weighted by atomic mass is 10.1. The van der Waals surface area contributed by atoms with Crippen LogP contribution in [0, 0.1) is 0 Å². The first-order valence-corrected chi connectivity index (χ1v) is 16.6. The summed E-state index contributed by atoms with van der Waals surface area (Å²) < 4.78 is 40.2. The van der Waals surface area contributed by atoms with E-state index in [1.165, 1.54) is 48.5 Å². The molecule has 7 N–H and O–H groups in total. The largest absolute Gasteiger partial charge is 0.322 e. The van der Waals surface area contributed by atoms with Gasteiger partial charge in [-0.3, -0.25) is 18.9 Å². The van der Waals surface area contributed by atoms with E-state index in [1.54, 1.807) is 55.1 Å². The van der Waals surface area contributed by atoms with Gasteiger partial charge in [-0.15, -0.1) is 9.76 Å². The highest BCUT2D eigenvalue weighted by Gasteiger charge is 2.39. The Morgan fingerprint density at radius 2 is 1.52 bits per heavy atom. The summed E-state index contributed by atoms with van der Waals surface area (Å²) in [5.74, 6) is -1.62. The number of carbonyl (C=O) groups excluding carboxylic acids is 3. The van der Waals surface area contributed by atoms with Gasteiger partial charge in [0.2, 0.25) is 17.4 Å². The molecule has 4 aromatic rings. The van der Waals surface area contributed by atoms with Crippen LogP contribution in [0.3, 0.4) is 0 Å². The average Bonchev–Trinajstić information content (AvgIpc) is 3.39. The monoisotopic (exact) mass is 721 g/mol. The maximum absolute atomic E-state index is 13.0. The van der Waals surface area contributed by atoms with Crippen LogP contribution in [0.15, 0.2) is 111 Å². The number of nitrogens with zero attached hydrogens (tertiary/aromatic N) is 3. The molecule has 1 atom stereocenters. The number of hydrogen-bond donors (Lipinski definition) is 7. The zero-order valence-corrected chi connectivity index (χ0v) is 27.8. The Hall–Kier alpha value is -5.54. The summed E-state index contributed by atoms with van der Waals surface area (Å²) in [6.07, 6.45) is 0. The van der Waals surface area contributed by atoms with Gasteiger partial charge >= 0.3 is 5.91 Å². The minimum absolute atomic E-state index is 0.0376. The van der Waals surface area contributed by atoms with E-state index in [9.17, 15) is 27.4 Å². The normalized spacial score (nSPS) is 14.5. The quantitative estimate of drug-likeness (QED) is 0.0248. The highest BCUT2D eigenvalue weighted by atomic mass is 32.2. The van der Waals surface area contributed by atoms with Gasteiger partial charge in [-0.1, -0.05) is 9.72 Å². The van der Waals surface area contributed by atoms with Crippen molar-refractivity contribution in [2.24, 2.45) is 10.2 Å². The van der Waals surface area contributed by atoms with Crippen molar-refractivity contribution in [1.29, 1.82) is 0 Å². The molecule has 1 aliphatic rings. The minimum atomic E-state index is -4.81. The molecule has 0 bridgehead atoms. The van der Waals surface area contributed by atoms with Gasteiger partial charge in [0.1, 0.15) is 4.90 Å². The number of carbonyl (C=O) groups is 3. The lowest BCUT2D eigenvalue weighted by molar-refractivity contribution is -0.486. The molecule has 258 valence electrons. The summed E-state index contributed by atoms with van der Waals surface area (Å²) in [5.41, 5.74) is 10.9. The third-order valence-corrected chi connectivity index (χ3v) is 8.56. The second kappa shape index (κ2) is 15.8. The molecule has 1 aliphatic heterocycles. The molecule has 0 aromatic heterocycles. The molecule has 0 aliphatic carbocycles. The third kappa shape index (κ3) is 8.73. The van der Waals surface area contributed by atoms with Gasteiger partial charge in [-0.2, -0.15) is 18.6 Å². The summed E-state index contributed by atoms with van der Waals surface area (Å²) >= 11 is 0.796. The summed E-state index contributed by atoms with van der Waals surface area (Å²) in [7, 11) is -3.13. The number of benzene rings is 4. The smallest absolute Gasteiger partial charge is 0.311 e. The van der Waals surface area contributed by atoms with Gasteiger partial charge in [0.15, 0.2) is 0 Å². The summed E-state index contributed by atoms with van der Waals surface area (Å²) in [6.45, 7) is 1.72. The highest BCUT2D eigenvalue weighted by molar-refractivity contribution is 7.94. The van der Waals surface area contributed by atoms with Crippen molar-refractivity contribution in [2.75, 3.05) is 23.1 Å². The molecule has 0 fully saturated rings. The van der Waals surface area contributed by atoms with Crippen LogP contribution in [0.5, 0.6) is 0 Å². The molecule has 19 heteroatoms. The van der Waals surface area contributed by atoms with Gasteiger partial charge in [0, 0.05) is 53.5 Å². The first-order chi connectivity index (χ1) is 24.0. The van der Waals surface area contributed by atoms with Crippen LogP contribution in [0.25, 0.3) is 0 Å². The first-order valence-electron chi connectivity index (χ1n) is 14.4. The molecule has 50 heavy (non-hydrogen) atoms. The summed E-state index contributed by atoms with van der Waals surface area (Å²) in [4.78, 5) is 38.4. The van der Waals surface area contributed by atoms with E-state index in [4.69, 9.17) is 5.26 Å². The van der Waals surface area contributed by atoms with E-state index in [0.29, 0.717) is 27.7 Å². The Labute approximate surface area is 289 Å². The molecule has 1 unspecified atom stereocenters. The van der Waals surface area contributed by atoms with E-state index in [0.717, 1.165) is 18.1 Å². The van der Waals surface area contributed by atoms with Crippen molar-refractivity contribution < 1.29 is 46.7 Å². The SMILES string of the molecule is CNNc1ccc(C(=O)Nc2ccc(NC(=O)c3ccc(N=NC4C(=O)N[N+](c5ccc(SOOO)cc5)=C4C)cc3)cc2S(=O)(=O)O)cc1. The van der Waals surface area contributed by atoms with Crippen molar-refractivity contribution in [2.45, 2.75) is 22.8 Å². The lowest BCUT2D eigenvalue weighted by Gasteiger charge is -2.12. The van der Waals surface area contributed by atoms with Crippen molar-refractivity contribution in [3.63, 3.8) is 0 Å². The van der Waals surface area contributed by atoms with Gasteiger partial charge < -0.3 is 16.1 Å². The number of nitrogens with one attached hydrogen (secondary N) is 5. The molecule has 5 rings (SSSR count). The number of hydrogen-bond acceptors (Lipinski definition) is 13. The minimum Gasteiger partial charge on any atom is -0.322 e. The highest BCUT2D eigenvalue weighted by Crippen LogP contribution is 2.27. The van der Waals surface area contributed by atoms with Gasteiger partial charge in [-0.25, -0.2) is 10.7 Å². The van der Waals surface area contributed by atoms with E-state index in [-0.39, 0.29) is 22.5 Å². The van der Waals surface area contributed by atoms with Crippen molar-refractivity contribution in [3.8, 4) is 0 Å². The number of amides is 3. The number of hydrazine groups is 2. The molecule has 0 saturated carbocycles. The van der Waals surface area contributed by atoms with Gasteiger partial charge in [0.05, 0.1) is 23.4 Å². The fourth-order valence-corrected chi connectivity index (χ4v) is 5.68. The molecule has 3 amide bonds. The maximum atomic E-state index is 13.0. The average molecular weight is 722 g/mol. The fraction of sp³-hybridized carbons (Fsp3) is 0.0968. The predicted octanol–water partition coefficient (Wildman–Crippen LogP) is 4.71. The number of rotatable bonds is 13. The molecular formula is C31H29N8O9S2+. The maximum Gasteiger partial charge on any atom is 0.311 e. The molecule has 0 radical (unpaired) electrons. The lowest BCUT2D eigenvalue weighted by Crippen LogP contribution is -2.28. The molecule has 17 nitrogen and oxygen atoms in total. The van der Waals surface area contributed by atoms with Crippen LogP contribution >= 0.6 is 12.0 Å². The van der Waals surface area contributed by atoms with Crippen LogP contribution in [-0.2, 0) is 24.3 Å². The first kappa shape index (κ1) is 35.8. The second-order valence-corrected chi connectivity index (χ2v) is 12.5. The zero-order valence-electron chi connectivity index (χ0n) is 26.1. The fourth-order valence-electron chi connectivity index (χ4n) is 4.65. The van der Waals surface area contributed by atoms with E-state index in [2.05, 4.69) is 46.5 Å². The molecular weight excluding hydrogens is 693 g/mol. The number of anilines is 3. The Balaban J connectivity index is 1.24. The standard InChI is InChI=1S/C31H28N8O9S2/c1-18-28(31(42)38-39(18)24-12-14-25(15-13-24)49-48-47-43)37-36-22-9-5-19(6-10-22)29(40)33-23-11-16-26(27(17-23)50(44,45)46)34-30(41)20-3-7-21(8-4-20)35-32-2/h3-17,28,32,35H,1-2H3,(H4-,33,34,38,40,41,42,43,44,45,46)/p+1. The van der Waals surface area contributed by atoms with E-state index in [1.807, 2.05) is 0 Å². The molecule has 1 heterocycles. The molecule has 0 saturated heterocycles. The van der Waals surface area contributed by atoms with E-state index < -0.39 is 38.8 Å². The van der Waals surface area contributed by atoms with Crippen LogP contribution in [0.4, 0.5) is 28.4 Å². The topological polar surface area (TPSA) is 232 Å². The Morgan fingerprint density at radius 3 is 2.14 bits per heavy atom. The van der Waals surface area contributed by atoms with Gasteiger partial charge in [-0.05, 0) is 78.9 Å². The zero-order chi connectivity index (χ0) is 35.8. The number of hydrazone groups is 1. The Bertz CT molecular complexity index is 2070. The Kier molecular flexibility index (Phi) is 11.3. The summed E-state index contributed by atoms with van der Waals surface area (Å²) in [6, 6.07) is 21.8. The van der Waals surface area contributed by atoms with Crippen LogP contribution < -0.4 is 26.9 Å².